The fourth-order valence-electron chi connectivity index (χ4n) is 3.06. The van der Waals surface area contributed by atoms with Crippen molar-refractivity contribution in [3.8, 4) is 0 Å². The maximum atomic E-state index is 12.3. The molecular formula is C17H25N5O3. The van der Waals surface area contributed by atoms with Crippen LogP contribution in [0.2, 0.25) is 0 Å². The van der Waals surface area contributed by atoms with Gasteiger partial charge in [-0.3, -0.25) is 9.69 Å². The number of nitrogens with zero attached hydrogens (tertiary/aromatic N) is 4. The molecule has 3 rings (SSSR count). The Morgan fingerprint density at radius 3 is 3.00 bits per heavy atom. The second kappa shape index (κ2) is 7.79. The Kier molecular flexibility index (Phi) is 5.50. The highest BCUT2D eigenvalue weighted by atomic mass is 16.5. The molecule has 2 unspecified atom stereocenters. The van der Waals surface area contributed by atoms with Crippen LogP contribution in [0.15, 0.2) is 22.8 Å². The first kappa shape index (κ1) is 17.6. The summed E-state index contributed by atoms with van der Waals surface area (Å²) in [7, 11) is 0. The highest BCUT2D eigenvalue weighted by molar-refractivity contribution is 5.78. The number of aromatic nitrogens is 3. The van der Waals surface area contributed by atoms with Gasteiger partial charge in [-0.25, -0.2) is 9.67 Å². The highest BCUT2D eigenvalue weighted by Gasteiger charge is 2.24. The van der Waals surface area contributed by atoms with E-state index in [4.69, 9.17) is 9.15 Å². The molecule has 1 saturated heterocycles. The molecule has 25 heavy (non-hydrogen) atoms. The van der Waals surface area contributed by atoms with E-state index in [1.54, 1.807) is 6.26 Å². The summed E-state index contributed by atoms with van der Waals surface area (Å²) >= 11 is 0. The first-order valence-electron chi connectivity index (χ1n) is 8.56. The van der Waals surface area contributed by atoms with E-state index in [1.165, 1.54) is 0 Å². The molecule has 1 amide bonds. The Morgan fingerprint density at radius 1 is 1.48 bits per heavy atom. The van der Waals surface area contributed by atoms with Gasteiger partial charge in [0.05, 0.1) is 38.1 Å². The van der Waals surface area contributed by atoms with E-state index in [0.717, 1.165) is 24.0 Å². The molecule has 3 heterocycles. The number of furan rings is 1. The van der Waals surface area contributed by atoms with Crippen molar-refractivity contribution in [3.05, 3.63) is 35.8 Å². The summed E-state index contributed by atoms with van der Waals surface area (Å²) in [5.74, 6) is 2.38. The molecule has 2 atom stereocenters. The van der Waals surface area contributed by atoms with Crippen LogP contribution < -0.4 is 5.32 Å². The first-order chi connectivity index (χ1) is 12.0. The van der Waals surface area contributed by atoms with Crippen LogP contribution in [0.4, 0.5) is 0 Å². The smallest absolute Gasteiger partial charge is 0.234 e. The molecule has 1 fully saturated rings. The molecule has 1 aliphatic heterocycles. The maximum absolute atomic E-state index is 12.3. The van der Waals surface area contributed by atoms with E-state index in [1.807, 2.05) is 37.6 Å². The first-order valence-corrected chi connectivity index (χ1v) is 8.56. The fourth-order valence-corrected chi connectivity index (χ4v) is 3.06. The zero-order valence-electron chi connectivity index (χ0n) is 14.9. The van der Waals surface area contributed by atoms with Crippen LogP contribution in [0.3, 0.4) is 0 Å². The molecule has 0 aromatic carbocycles. The van der Waals surface area contributed by atoms with Gasteiger partial charge >= 0.3 is 0 Å². The van der Waals surface area contributed by atoms with Gasteiger partial charge in [0.15, 0.2) is 0 Å². The van der Waals surface area contributed by atoms with Crippen LogP contribution >= 0.6 is 0 Å². The molecule has 136 valence electrons. The number of carbonyl (C=O) groups is 1. The van der Waals surface area contributed by atoms with Gasteiger partial charge < -0.3 is 14.5 Å². The van der Waals surface area contributed by atoms with Gasteiger partial charge in [0, 0.05) is 13.1 Å². The normalized spacial score (nSPS) is 19.7. The van der Waals surface area contributed by atoms with Crippen LogP contribution in [0, 0.1) is 13.8 Å². The molecule has 2 aromatic rings. The Balaban J connectivity index is 1.49. The molecule has 0 aliphatic carbocycles. The quantitative estimate of drug-likeness (QED) is 0.841. The minimum atomic E-state index is -0.139. The standard InChI is InChI=1S/C17H25N5O3/c1-12(16-5-4-7-25-16)18-17(23)11-21-6-8-24-15(9-21)10-22-14(3)19-13(2)20-22/h4-5,7,12,15H,6,8-11H2,1-3H3,(H,18,23). The lowest BCUT2D eigenvalue weighted by atomic mass is 10.2. The second-order valence-corrected chi connectivity index (χ2v) is 6.42. The minimum absolute atomic E-state index is 0.00356. The summed E-state index contributed by atoms with van der Waals surface area (Å²) in [5, 5.41) is 7.34. The zero-order valence-corrected chi connectivity index (χ0v) is 14.9. The summed E-state index contributed by atoms with van der Waals surface area (Å²) in [4.78, 5) is 18.7. The Hall–Kier alpha value is -2.19. The van der Waals surface area contributed by atoms with Crippen molar-refractivity contribution in [2.45, 2.75) is 39.5 Å². The predicted molar refractivity (Wildman–Crippen MR) is 90.9 cm³/mol. The lowest BCUT2D eigenvalue weighted by Crippen LogP contribution is -2.48. The van der Waals surface area contributed by atoms with E-state index in [-0.39, 0.29) is 18.1 Å². The maximum Gasteiger partial charge on any atom is 0.234 e. The van der Waals surface area contributed by atoms with Crippen LogP contribution in [0.25, 0.3) is 0 Å². The van der Waals surface area contributed by atoms with Gasteiger partial charge in [0.2, 0.25) is 5.91 Å². The lowest BCUT2D eigenvalue weighted by Gasteiger charge is -2.32. The topological polar surface area (TPSA) is 85.4 Å². The third-order valence-electron chi connectivity index (χ3n) is 4.28. The number of amides is 1. The lowest BCUT2D eigenvalue weighted by molar-refractivity contribution is -0.125. The molecule has 1 aliphatic rings. The number of hydrogen-bond acceptors (Lipinski definition) is 6. The van der Waals surface area contributed by atoms with E-state index in [9.17, 15) is 4.79 Å². The van der Waals surface area contributed by atoms with Crippen LogP contribution in [0.1, 0.15) is 30.4 Å². The summed E-state index contributed by atoms with van der Waals surface area (Å²) in [6.07, 6.45) is 1.61. The van der Waals surface area contributed by atoms with E-state index in [2.05, 4.69) is 20.3 Å². The van der Waals surface area contributed by atoms with Crippen molar-refractivity contribution < 1.29 is 13.9 Å². The zero-order chi connectivity index (χ0) is 17.8. The van der Waals surface area contributed by atoms with Gasteiger partial charge in [0.25, 0.3) is 0 Å². The van der Waals surface area contributed by atoms with E-state index in [0.29, 0.717) is 26.2 Å². The molecule has 8 nitrogen and oxygen atoms in total. The number of morpholine rings is 1. The Bertz CT molecular complexity index is 697. The van der Waals surface area contributed by atoms with Crippen LogP contribution in [0.5, 0.6) is 0 Å². The van der Waals surface area contributed by atoms with Gasteiger partial charge in [-0.2, -0.15) is 5.10 Å². The molecule has 2 aromatic heterocycles. The molecule has 0 spiro atoms. The average molecular weight is 347 g/mol. The van der Waals surface area contributed by atoms with Gasteiger partial charge in [-0.1, -0.05) is 0 Å². The predicted octanol–water partition coefficient (Wildman–Crippen LogP) is 1.07. The number of ether oxygens (including phenoxy) is 1. The molecule has 0 saturated carbocycles. The van der Waals surface area contributed by atoms with Crippen molar-refractivity contribution in [1.82, 2.24) is 25.0 Å². The van der Waals surface area contributed by atoms with Crippen molar-refractivity contribution in [2.75, 3.05) is 26.2 Å². The number of carbonyl (C=O) groups excluding carboxylic acids is 1. The monoisotopic (exact) mass is 347 g/mol. The largest absolute Gasteiger partial charge is 0.467 e. The van der Waals surface area contributed by atoms with Crippen molar-refractivity contribution in [1.29, 1.82) is 0 Å². The van der Waals surface area contributed by atoms with E-state index >= 15 is 0 Å². The van der Waals surface area contributed by atoms with Gasteiger partial charge in [-0.15, -0.1) is 0 Å². The van der Waals surface area contributed by atoms with Crippen molar-refractivity contribution >= 4 is 5.91 Å². The third-order valence-corrected chi connectivity index (χ3v) is 4.28. The highest BCUT2D eigenvalue weighted by Crippen LogP contribution is 2.13. The second-order valence-electron chi connectivity index (χ2n) is 6.42. The summed E-state index contributed by atoms with van der Waals surface area (Å²) in [6.45, 7) is 8.77. The average Bonchev–Trinajstić information content (AvgIpc) is 3.18. The molecular weight excluding hydrogens is 322 g/mol. The van der Waals surface area contributed by atoms with Crippen LogP contribution in [-0.4, -0.2) is 57.9 Å². The minimum Gasteiger partial charge on any atom is -0.467 e. The molecule has 0 radical (unpaired) electrons. The summed E-state index contributed by atoms with van der Waals surface area (Å²) < 4.78 is 13.0. The Labute approximate surface area is 147 Å². The Morgan fingerprint density at radius 2 is 2.32 bits per heavy atom. The SMILES string of the molecule is Cc1nc(C)n(CC2CN(CC(=O)NC(C)c3ccco3)CCO2)n1. The number of hydrogen-bond donors (Lipinski definition) is 1. The summed E-state index contributed by atoms with van der Waals surface area (Å²) in [6, 6.07) is 3.54. The number of rotatable bonds is 6. The molecule has 1 N–H and O–H groups in total. The van der Waals surface area contributed by atoms with Crippen molar-refractivity contribution in [3.63, 3.8) is 0 Å². The fraction of sp³-hybridized carbons (Fsp3) is 0.588. The summed E-state index contributed by atoms with van der Waals surface area (Å²) in [5.41, 5.74) is 0. The number of aryl methyl sites for hydroxylation is 2. The molecule has 0 bridgehead atoms. The number of nitrogens with one attached hydrogen (secondary N) is 1. The van der Waals surface area contributed by atoms with Gasteiger partial charge in [-0.05, 0) is 32.9 Å². The molecule has 8 heteroatoms. The van der Waals surface area contributed by atoms with Crippen LogP contribution in [-0.2, 0) is 16.1 Å². The third kappa shape index (κ3) is 4.67. The van der Waals surface area contributed by atoms with Crippen molar-refractivity contribution in [2.24, 2.45) is 0 Å². The van der Waals surface area contributed by atoms with E-state index < -0.39 is 0 Å². The van der Waals surface area contributed by atoms with Gasteiger partial charge in [0.1, 0.15) is 17.4 Å².